The third kappa shape index (κ3) is 2.17. The minimum atomic E-state index is -2.94. The molecule has 1 fully saturated rings. The van der Waals surface area contributed by atoms with Gasteiger partial charge < -0.3 is 15.6 Å². The Labute approximate surface area is 116 Å². The van der Waals surface area contributed by atoms with E-state index in [1.165, 1.54) is 0 Å². The number of aromatic nitrogens is 4. The Bertz CT molecular complexity index is 782. The molecule has 3 heterocycles. The monoisotopic (exact) mass is 296 g/mol. The number of hydrogen-bond donors (Lipinski definition) is 2. The number of nitrogens with one attached hydrogen (secondary N) is 1. The van der Waals surface area contributed by atoms with Gasteiger partial charge in [-0.2, -0.15) is 9.97 Å². The Morgan fingerprint density at radius 1 is 1.35 bits per heavy atom. The third-order valence-corrected chi connectivity index (χ3v) is 5.30. The highest BCUT2D eigenvalue weighted by Gasteiger charge is 2.29. The zero-order chi connectivity index (χ0) is 14.5. The number of nitrogens with two attached hydrogens (primary N) is 1. The lowest BCUT2D eigenvalue weighted by Gasteiger charge is -2.12. The molecule has 2 aromatic rings. The average Bonchev–Trinajstić information content (AvgIpc) is 2.83. The lowest BCUT2D eigenvalue weighted by atomic mass is 10.2. The highest BCUT2D eigenvalue weighted by Crippen LogP contribution is 2.24. The van der Waals surface area contributed by atoms with Crippen LogP contribution in [0, 0.1) is 6.92 Å². The smallest absolute Gasteiger partial charge is 0.224 e. The Hall–Kier alpha value is -1.90. The topological polar surface area (TPSA) is 116 Å². The summed E-state index contributed by atoms with van der Waals surface area (Å²) in [6.07, 6.45) is 0.569. The molecule has 0 aromatic carbocycles. The van der Waals surface area contributed by atoms with E-state index in [4.69, 9.17) is 5.73 Å². The summed E-state index contributed by atoms with van der Waals surface area (Å²) < 4.78 is 24.8. The molecule has 0 bridgehead atoms. The van der Waals surface area contributed by atoms with Crippen molar-refractivity contribution in [2.45, 2.75) is 19.4 Å². The zero-order valence-electron chi connectivity index (χ0n) is 11.3. The molecule has 0 saturated carbocycles. The fourth-order valence-electron chi connectivity index (χ4n) is 2.39. The molecule has 0 aliphatic carbocycles. The summed E-state index contributed by atoms with van der Waals surface area (Å²) in [5, 5.41) is 3.13. The predicted molar refractivity (Wildman–Crippen MR) is 76.1 cm³/mol. The van der Waals surface area contributed by atoms with Crippen LogP contribution in [0.1, 0.15) is 12.2 Å². The van der Waals surface area contributed by atoms with Crippen molar-refractivity contribution >= 4 is 32.8 Å². The number of rotatable bonds is 2. The molecule has 0 amide bonds. The Kier molecular flexibility index (Phi) is 2.82. The summed E-state index contributed by atoms with van der Waals surface area (Å²) >= 11 is 0. The Morgan fingerprint density at radius 3 is 2.75 bits per heavy atom. The van der Waals surface area contributed by atoms with Crippen molar-refractivity contribution in [2.24, 2.45) is 7.05 Å². The highest BCUT2D eigenvalue weighted by molar-refractivity contribution is 7.91. The van der Waals surface area contributed by atoms with Crippen molar-refractivity contribution in [3.8, 4) is 0 Å². The van der Waals surface area contributed by atoms with Gasteiger partial charge in [-0.1, -0.05) is 0 Å². The third-order valence-electron chi connectivity index (χ3n) is 3.53. The number of sulfone groups is 1. The van der Waals surface area contributed by atoms with E-state index in [0.29, 0.717) is 23.4 Å². The van der Waals surface area contributed by atoms with E-state index < -0.39 is 9.84 Å². The van der Waals surface area contributed by atoms with Crippen LogP contribution >= 0.6 is 0 Å². The zero-order valence-corrected chi connectivity index (χ0v) is 12.1. The standard InChI is InChI=1S/C11H16N6O2S/c1-6-13-8-9(14-7-3-4-20(18,19)5-7)15-11(12)16-10(8)17(6)2/h7H,3-5H2,1-2H3,(H3,12,14,15,16). The van der Waals surface area contributed by atoms with E-state index in [9.17, 15) is 8.42 Å². The molecule has 3 rings (SSSR count). The van der Waals surface area contributed by atoms with Crippen LogP contribution in [0.25, 0.3) is 11.2 Å². The normalized spacial score (nSPS) is 21.4. The van der Waals surface area contributed by atoms with Crippen molar-refractivity contribution in [2.75, 3.05) is 22.6 Å². The fraction of sp³-hybridized carbons (Fsp3) is 0.545. The van der Waals surface area contributed by atoms with Crippen LogP contribution < -0.4 is 11.1 Å². The second-order valence-electron chi connectivity index (χ2n) is 5.06. The minimum Gasteiger partial charge on any atom is -0.368 e. The van der Waals surface area contributed by atoms with Gasteiger partial charge in [-0.05, 0) is 13.3 Å². The van der Waals surface area contributed by atoms with Crippen LogP contribution in [0.5, 0.6) is 0 Å². The van der Waals surface area contributed by atoms with Gasteiger partial charge in [0.1, 0.15) is 5.82 Å². The number of nitrogen functional groups attached to an aromatic ring is 1. The van der Waals surface area contributed by atoms with Crippen LogP contribution in [-0.2, 0) is 16.9 Å². The molecule has 3 N–H and O–H groups in total. The van der Waals surface area contributed by atoms with Gasteiger partial charge in [0.05, 0.1) is 11.5 Å². The summed E-state index contributed by atoms with van der Waals surface area (Å²) in [5.74, 6) is 1.75. The second-order valence-corrected chi connectivity index (χ2v) is 7.29. The minimum absolute atomic E-state index is 0.115. The van der Waals surface area contributed by atoms with Crippen molar-refractivity contribution in [1.82, 2.24) is 19.5 Å². The van der Waals surface area contributed by atoms with Gasteiger partial charge in [0, 0.05) is 13.1 Å². The molecule has 0 spiro atoms. The van der Waals surface area contributed by atoms with Gasteiger partial charge in [-0.25, -0.2) is 13.4 Å². The number of fused-ring (bicyclic) bond motifs is 1. The molecule has 1 aliphatic heterocycles. The van der Waals surface area contributed by atoms with Crippen molar-refractivity contribution in [3.63, 3.8) is 0 Å². The highest BCUT2D eigenvalue weighted by atomic mass is 32.2. The summed E-state index contributed by atoms with van der Waals surface area (Å²) in [7, 11) is -1.10. The van der Waals surface area contributed by atoms with Crippen LogP contribution in [-0.4, -0.2) is 45.5 Å². The number of anilines is 2. The first-order chi connectivity index (χ1) is 9.35. The molecule has 2 aromatic heterocycles. The van der Waals surface area contributed by atoms with Gasteiger partial charge in [-0.3, -0.25) is 0 Å². The Balaban J connectivity index is 2.01. The lowest BCUT2D eigenvalue weighted by Crippen LogP contribution is -2.22. The summed E-state index contributed by atoms with van der Waals surface area (Å²) in [6, 6.07) is -0.153. The molecule has 9 heteroatoms. The first-order valence-electron chi connectivity index (χ1n) is 6.29. The molecular formula is C11H16N6O2S. The summed E-state index contributed by atoms with van der Waals surface area (Å²) in [5.41, 5.74) is 6.96. The maximum Gasteiger partial charge on any atom is 0.224 e. The van der Waals surface area contributed by atoms with Crippen LogP contribution in [0.15, 0.2) is 0 Å². The molecule has 20 heavy (non-hydrogen) atoms. The first-order valence-corrected chi connectivity index (χ1v) is 8.11. The van der Waals surface area contributed by atoms with E-state index in [1.807, 2.05) is 18.5 Å². The van der Waals surface area contributed by atoms with Gasteiger partial charge in [0.2, 0.25) is 5.95 Å². The van der Waals surface area contributed by atoms with Crippen molar-refractivity contribution < 1.29 is 8.42 Å². The fourth-order valence-corrected chi connectivity index (χ4v) is 4.06. The molecule has 1 unspecified atom stereocenters. The van der Waals surface area contributed by atoms with E-state index in [2.05, 4.69) is 20.3 Å². The van der Waals surface area contributed by atoms with Crippen LogP contribution in [0.4, 0.5) is 11.8 Å². The van der Waals surface area contributed by atoms with E-state index >= 15 is 0 Å². The number of nitrogens with zero attached hydrogens (tertiary/aromatic N) is 4. The number of imidazole rings is 1. The molecule has 108 valence electrons. The van der Waals surface area contributed by atoms with Crippen molar-refractivity contribution in [3.05, 3.63) is 5.82 Å². The van der Waals surface area contributed by atoms with Crippen LogP contribution in [0.3, 0.4) is 0 Å². The van der Waals surface area contributed by atoms with E-state index in [0.717, 1.165) is 5.82 Å². The summed E-state index contributed by atoms with van der Waals surface area (Å²) in [6.45, 7) is 1.86. The molecular weight excluding hydrogens is 280 g/mol. The number of hydrogen-bond acceptors (Lipinski definition) is 7. The van der Waals surface area contributed by atoms with Gasteiger partial charge in [0.15, 0.2) is 26.8 Å². The SMILES string of the molecule is Cc1nc2c(NC3CCS(=O)(=O)C3)nc(N)nc2n1C. The van der Waals surface area contributed by atoms with E-state index in [1.54, 1.807) is 0 Å². The Morgan fingerprint density at radius 2 is 2.10 bits per heavy atom. The number of aryl methyl sites for hydroxylation is 2. The summed E-state index contributed by atoms with van der Waals surface area (Å²) in [4.78, 5) is 12.7. The van der Waals surface area contributed by atoms with Gasteiger partial charge >= 0.3 is 0 Å². The first kappa shape index (κ1) is 13.1. The van der Waals surface area contributed by atoms with Gasteiger partial charge in [-0.15, -0.1) is 0 Å². The van der Waals surface area contributed by atoms with Gasteiger partial charge in [0.25, 0.3) is 0 Å². The molecule has 8 nitrogen and oxygen atoms in total. The van der Waals surface area contributed by atoms with Crippen molar-refractivity contribution in [1.29, 1.82) is 0 Å². The maximum absolute atomic E-state index is 11.5. The molecule has 1 aliphatic rings. The predicted octanol–water partition coefficient (Wildman–Crippen LogP) is -0.147. The maximum atomic E-state index is 11.5. The largest absolute Gasteiger partial charge is 0.368 e. The average molecular weight is 296 g/mol. The molecule has 1 atom stereocenters. The lowest BCUT2D eigenvalue weighted by molar-refractivity contribution is 0.602. The second kappa shape index (κ2) is 4.30. The van der Waals surface area contributed by atoms with Crippen LogP contribution in [0.2, 0.25) is 0 Å². The quantitative estimate of drug-likeness (QED) is 0.791. The van der Waals surface area contributed by atoms with E-state index in [-0.39, 0.29) is 23.5 Å². The molecule has 1 saturated heterocycles. The molecule has 0 radical (unpaired) electrons.